The molecule has 1 aliphatic heterocycles. The van der Waals surface area contributed by atoms with Crippen molar-refractivity contribution in [3.63, 3.8) is 0 Å². The number of anilines is 2. The fourth-order valence-electron chi connectivity index (χ4n) is 2.40. The molecule has 2 heterocycles. The van der Waals surface area contributed by atoms with Crippen LogP contribution in [0.25, 0.3) is 0 Å². The summed E-state index contributed by atoms with van der Waals surface area (Å²) in [7, 11) is -3.48. The highest BCUT2D eigenvalue weighted by molar-refractivity contribution is 7.91. The van der Waals surface area contributed by atoms with Gasteiger partial charge in [-0.2, -0.15) is 0 Å². The van der Waals surface area contributed by atoms with Crippen LogP contribution >= 0.6 is 11.3 Å². The summed E-state index contributed by atoms with van der Waals surface area (Å²) in [5.74, 6) is -0.110. The number of carbonyl (C=O) groups is 1. The molecular weight excluding hydrogens is 310 g/mol. The molecule has 1 aromatic rings. The first kappa shape index (κ1) is 16.3. The molecule has 0 aliphatic carbocycles. The summed E-state index contributed by atoms with van der Waals surface area (Å²) in [6, 6.07) is 0. The Morgan fingerprint density at radius 3 is 2.71 bits per heavy atom. The standard InChI is InChI=1S/C13H21N3O3S2/c1-3-9(17)11-10(14)12(21(2,18)19)13(20-11)16-7-4-5-15-6-8-16/h15H,3-8,14H2,1-2H3. The largest absolute Gasteiger partial charge is 0.396 e. The van der Waals surface area contributed by atoms with E-state index in [4.69, 9.17) is 5.73 Å². The molecule has 8 heteroatoms. The highest BCUT2D eigenvalue weighted by Gasteiger charge is 2.29. The summed E-state index contributed by atoms with van der Waals surface area (Å²) in [6.45, 7) is 4.92. The first-order valence-corrected chi connectivity index (χ1v) is 9.68. The van der Waals surface area contributed by atoms with Crippen molar-refractivity contribution in [2.45, 2.75) is 24.7 Å². The van der Waals surface area contributed by atoms with E-state index in [0.29, 0.717) is 22.8 Å². The lowest BCUT2D eigenvalue weighted by Crippen LogP contribution is -2.28. The molecule has 1 saturated heterocycles. The van der Waals surface area contributed by atoms with E-state index in [1.54, 1.807) is 6.92 Å². The van der Waals surface area contributed by atoms with Crippen LogP contribution in [0.5, 0.6) is 0 Å². The van der Waals surface area contributed by atoms with Gasteiger partial charge < -0.3 is 16.0 Å². The van der Waals surface area contributed by atoms with Crippen molar-refractivity contribution in [1.82, 2.24) is 5.32 Å². The van der Waals surface area contributed by atoms with Crippen LogP contribution in [0.1, 0.15) is 29.4 Å². The van der Waals surface area contributed by atoms with E-state index in [-0.39, 0.29) is 16.4 Å². The predicted molar refractivity (Wildman–Crippen MR) is 86.2 cm³/mol. The summed E-state index contributed by atoms with van der Waals surface area (Å²) < 4.78 is 24.2. The first-order chi connectivity index (χ1) is 9.86. The number of rotatable bonds is 4. The SMILES string of the molecule is CCC(=O)c1sc(N2CCCNCC2)c(S(C)(=O)=O)c1N. The van der Waals surface area contributed by atoms with Gasteiger partial charge in [-0.15, -0.1) is 11.3 Å². The van der Waals surface area contributed by atoms with Gasteiger partial charge in [-0.25, -0.2) is 8.42 Å². The Labute approximate surface area is 129 Å². The molecule has 1 aromatic heterocycles. The summed E-state index contributed by atoms with van der Waals surface area (Å²) >= 11 is 1.21. The molecule has 3 N–H and O–H groups in total. The quantitative estimate of drug-likeness (QED) is 0.804. The van der Waals surface area contributed by atoms with Crippen LogP contribution < -0.4 is 16.0 Å². The third kappa shape index (κ3) is 3.38. The van der Waals surface area contributed by atoms with E-state index in [1.165, 1.54) is 11.3 Å². The lowest BCUT2D eigenvalue weighted by atomic mass is 10.2. The summed E-state index contributed by atoms with van der Waals surface area (Å²) in [5.41, 5.74) is 6.09. The monoisotopic (exact) mass is 331 g/mol. The highest BCUT2D eigenvalue weighted by Crippen LogP contribution is 2.42. The summed E-state index contributed by atoms with van der Waals surface area (Å²) in [4.78, 5) is 14.5. The zero-order valence-corrected chi connectivity index (χ0v) is 13.9. The second-order valence-electron chi connectivity index (χ2n) is 5.12. The first-order valence-electron chi connectivity index (χ1n) is 6.97. The molecule has 0 unspecified atom stereocenters. The zero-order valence-electron chi connectivity index (χ0n) is 12.3. The van der Waals surface area contributed by atoms with Crippen LogP contribution in [0.15, 0.2) is 4.90 Å². The van der Waals surface area contributed by atoms with E-state index in [0.717, 1.165) is 32.3 Å². The number of hydrogen-bond donors (Lipinski definition) is 2. The van der Waals surface area contributed by atoms with Gasteiger partial charge in [0.15, 0.2) is 15.6 Å². The van der Waals surface area contributed by atoms with Crippen LogP contribution in [0, 0.1) is 0 Å². The Hall–Kier alpha value is -1.12. The number of nitrogens with one attached hydrogen (secondary N) is 1. The Morgan fingerprint density at radius 1 is 1.38 bits per heavy atom. The predicted octanol–water partition coefficient (Wildman–Crippen LogP) is 1.13. The van der Waals surface area contributed by atoms with Crippen molar-refractivity contribution >= 4 is 37.6 Å². The molecule has 0 aromatic carbocycles. The van der Waals surface area contributed by atoms with Crippen molar-refractivity contribution in [2.24, 2.45) is 0 Å². The minimum absolute atomic E-state index is 0.110. The minimum atomic E-state index is -3.48. The van der Waals surface area contributed by atoms with Gasteiger partial charge in [0.05, 0.1) is 10.6 Å². The third-order valence-electron chi connectivity index (χ3n) is 3.45. The van der Waals surface area contributed by atoms with Crippen LogP contribution in [-0.4, -0.2) is 46.6 Å². The van der Waals surface area contributed by atoms with E-state index < -0.39 is 9.84 Å². The van der Waals surface area contributed by atoms with Gasteiger partial charge in [-0.3, -0.25) is 4.79 Å². The van der Waals surface area contributed by atoms with Crippen molar-refractivity contribution in [2.75, 3.05) is 43.1 Å². The van der Waals surface area contributed by atoms with Crippen molar-refractivity contribution in [3.8, 4) is 0 Å². The normalized spacial score (nSPS) is 16.8. The molecule has 0 saturated carbocycles. The Morgan fingerprint density at radius 2 is 2.10 bits per heavy atom. The number of thiophene rings is 1. The molecule has 0 radical (unpaired) electrons. The molecule has 21 heavy (non-hydrogen) atoms. The second-order valence-corrected chi connectivity index (χ2v) is 8.07. The fraction of sp³-hybridized carbons (Fsp3) is 0.615. The van der Waals surface area contributed by atoms with Gasteiger partial charge in [0.25, 0.3) is 0 Å². The molecule has 1 aliphatic rings. The molecule has 0 bridgehead atoms. The van der Waals surface area contributed by atoms with Crippen LogP contribution in [0.3, 0.4) is 0 Å². The minimum Gasteiger partial charge on any atom is -0.396 e. The van der Waals surface area contributed by atoms with Crippen LogP contribution in [-0.2, 0) is 9.84 Å². The fourth-order valence-corrected chi connectivity index (χ4v) is 5.17. The maximum Gasteiger partial charge on any atom is 0.180 e. The van der Waals surface area contributed by atoms with E-state index in [9.17, 15) is 13.2 Å². The van der Waals surface area contributed by atoms with Gasteiger partial charge in [-0.1, -0.05) is 6.92 Å². The molecule has 1 fully saturated rings. The number of sulfone groups is 1. The number of nitrogen functional groups attached to an aromatic ring is 1. The van der Waals surface area contributed by atoms with E-state index >= 15 is 0 Å². The van der Waals surface area contributed by atoms with Gasteiger partial charge >= 0.3 is 0 Å². The second kappa shape index (κ2) is 6.33. The molecule has 0 atom stereocenters. The van der Waals surface area contributed by atoms with Crippen LogP contribution in [0.2, 0.25) is 0 Å². The lowest BCUT2D eigenvalue weighted by molar-refractivity contribution is 0.0992. The van der Waals surface area contributed by atoms with Crippen molar-refractivity contribution in [1.29, 1.82) is 0 Å². The molecule has 0 amide bonds. The van der Waals surface area contributed by atoms with E-state index in [1.807, 2.05) is 4.90 Å². The molecule has 118 valence electrons. The average Bonchev–Trinajstić information content (AvgIpc) is 2.62. The molecule has 0 spiro atoms. The maximum absolute atomic E-state index is 12.1. The molecule has 2 rings (SSSR count). The average molecular weight is 331 g/mol. The van der Waals surface area contributed by atoms with Gasteiger partial charge in [-0.05, 0) is 13.0 Å². The van der Waals surface area contributed by atoms with E-state index in [2.05, 4.69) is 5.32 Å². The Balaban J connectivity index is 2.55. The Bertz CT molecular complexity index is 629. The molecular formula is C13H21N3O3S2. The van der Waals surface area contributed by atoms with Crippen molar-refractivity contribution in [3.05, 3.63) is 4.88 Å². The summed E-state index contributed by atoms with van der Waals surface area (Å²) in [5, 5.41) is 3.88. The highest BCUT2D eigenvalue weighted by atomic mass is 32.2. The van der Waals surface area contributed by atoms with Gasteiger partial charge in [0, 0.05) is 32.3 Å². The topological polar surface area (TPSA) is 92.5 Å². The number of hydrogen-bond acceptors (Lipinski definition) is 7. The zero-order chi connectivity index (χ0) is 15.6. The van der Waals surface area contributed by atoms with Gasteiger partial charge in [0.1, 0.15) is 9.90 Å². The maximum atomic E-state index is 12.1. The Kier molecular flexibility index (Phi) is 4.90. The van der Waals surface area contributed by atoms with Crippen LogP contribution in [0.4, 0.5) is 10.7 Å². The lowest BCUT2D eigenvalue weighted by Gasteiger charge is -2.21. The number of carbonyl (C=O) groups excluding carboxylic acids is 1. The number of nitrogens with zero attached hydrogens (tertiary/aromatic N) is 1. The number of Topliss-reactive ketones (excluding diaryl/α,β-unsaturated/α-hetero) is 1. The van der Waals surface area contributed by atoms with Gasteiger partial charge in [0.2, 0.25) is 0 Å². The number of nitrogens with two attached hydrogens (primary N) is 1. The molecule has 6 nitrogen and oxygen atoms in total. The van der Waals surface area contributed by atoms with Crippen molar-refractivity contribution < 1.29 is 13.2 Å². The third-order valence-corrected chi connectivity index (χ3v) is 6.05. The summed E-state index contributed by atoms with van der Waals surface area (Å²) in [6.07, 6.45) is 2.39. The smallest absolute Gasteiger partial charge is 0.180 e. The number of ketones is 1.